The number of anilines is 1. The first kappa shape index (κ1) is 11.7. The van der Waals surface area contributed by atoms with Crippen molar-refractivity contribution in [3.63, 3.8) is 0 Å². The van der Waals surface area contributed by atoms with Crippen LogP contribution in [-0.2, 0) is 0 Å². The van der Waals surface area contributed by atoms with E-state index >= 15 is 0 Å². The van der Waals surface area contributed by atoms with Crippen LogP contribution in [0.25, 0.3) is 0 Å². The molecule has 0 fully saturated rings. The highest BCUT2D eigenvalue weighted by molar-refractivity contribution is 7.12. The van der Waals surface area contributed by atoms with Crippen LogP contribution >= 0.6 is 11.3 Å². The van der Waals surface area contributed by atoms with Crippen LogP contribution in [-0.4, -0.2) is 11.9 Å². The largest absolute Gasteiger partial charge is 0.480 e. The lowest BCUT2D eigenvalue weighted by Gasteiger charge is -2.14. The summed E-state index contributed by atoms with van der Waals surface area (Å²) in [6.07, 6.45) is -0.529. The molecule has 0 saturated carbocycles. The van der Waals surface area contributed by atoms with E-state index in [9.17, 15) is 4.79 Å². The van der Waals surface area contributed by atoms with Gasteiger partial charge in [0.05, 0.1) is 10.6 Å². The van der Waals surface area contributed by atoms with E-state index in [1.54, 1.807) is 25.1 Å². The second-order valence-electron chi connectivity index (χ2n) is 3.64. The number of hydrogen-bond donors (Lipinski definition) is 1. The minimum absolute atomic E-state index is 0.0248. The Morgan fingerprint density at radius 2 is 2.06 bits per heavy atom. The summed E-state index contributed by atoms with van der Waals surface area (Å²) in [6.45, 7) is 1.73. The van der Waals surface area contributed by atoms with Gasteiger partial charge in [-0.25, -0.2) is 0 Å². The van der Waals surface area contributed by atoms with E-state index < -0.39 is 6.10 Å². The maximum atomic E-state index is 12.0. The summed E-state index contributed by atoms with van der Waals surface area (Å²) in [6, 6.07) is 10.8. The third-order valence-electron chi connectivity index (χ3n) is 2.36. The van der Waals surface area contributed by atoms with E-state index in [0.717, 1.165) is 0 Å². The van der Waals surface area contributed by atoms with Gasteiger partial charge in [0.2, 0.25) is 5.78 Å². The number of carbonyl (C=O) groups is 1. The summed E-state index contributed by atoms with van der Waals surface area (Å²) < 4.78 is 5.56. The number of para-hydroxylation sites is 2. The fourth-order valence-corrected chi connectivity index (χ4v) is 2.19. The highest BCUT2D eigenvalue weighted by Gasteiger charge is 2.18. The van der Waals surface area contributed by atoms with Gasteiger partial charge in [-0.1, -0.05) is 18.2 Å². The van der Waals surface area contributed by atoms with Crippen LogP contribution in [0.3, 0.4) is 0 Å². The van der Waals surface area contributed by atoms with Crippen molar-refractivity contribution < 1.29 is 9.53 Å². The van der Waals surface area contributed by atoms with Crippen LogP contribution in [0.1, 0.15) is 16.6 Å². The van der Waals surface area contributed by atoms with Gasteiger partial charge < -0.3 is 10.5 Å². The number of nitrogens with two attached hydrogens (primary N) is 1. The number of ketones is 1. The van der Waals surface area contributed by atoms with Crippen molar-refractivity contribution in [1.29, 1.82) is 0 Å². The van der Waals surface area contributed by atoms with Crippen molar-refractivity contribution >= 4 is 22.8 Å². The molecule has 2 aromatic rings. The van der Waals surface area contributed by atoms with Crippen molar-refractivity contribution in [2.45, 2.75) is 13.0 Å². The molecule has 1 atom stereocenters. The van der Waals surface area contributed by atoms with Crippen LogP contribution in [0.2, 0.25) is 0 Å². The predicted octanol–water partition coefficient (Wildman–Crippen LogP) is 2.98. The van der Waals surface area contributed by atoms with E-state index in [-0.39, 0.29) is 5.78 Å². The number of Topliss-reactive ketones (excluding diaryl/α,β-unsaturated/α-hetero) is 1. The molecule has 1 aromatic heterocycles. The Bertz CT molecular complexity index is 508. The Kier molecular flexibility index (Phi) is 3.44. The number of rotatable bonds is 4. The predicted molar refractivity (Wildman–Crippen MR) is 69.6 cm³/mol. The summed E-state index contributed by atoms with van der Waals surface area (Å²) in [5, 5.41) is 1.87. The van der Waals surface area contributed by atoms with Crippen molar-refractivity contribution in [2.75, 3.05) is 5.73 Å². The zero-order valence-electron chi connectivity index (χ0n) is 9.42. The first-order chi connectivity index (χ1) is 8.18. The molecule has 3 nitrogen and oxygen atoms in total. The van der Waals surface area contributed by atoms with Crippen LogP contribution in [0.15, 0.2) is 41.8 Å². The summed E-state index contributed by atoms with van der Waals surface area (Å²) in [4.78, 5) is 12.7. The molecule has 1 aromatic carbocycles. The minimum atomic E-state index is -0.529. The highest BCUT2D eigenvalue weighted by Crippen LogP contribution is 2.22. The molecule has 0 spiro atoms. The quantitative estimate of drug-likeness (QED) is 0.667. The maximum Gasteiger partial charge on any atom is 0.212 e. The molecule has 0 bridgehead atoms. The Balaban J connectivity index is 2.10. The zero-order valence-corrected chi connectivity index (χ0v) is 10.2. The van der Waals surface area contributed by atoms with Gasteiger partial charge in [-0.3, -0.25) is 4.79 Å². The average molecular weight is 247 g/mol. The lowest BCUT2D eigenvalue weighted by molar-refractivity contribution is 0.0823. The second kappa shape index (κ2) is 5.01. The molecule has 0 aliphatic rings. The normalized spacial score (nSPS) is 12.1. The second-order valence-corrected chi connectivity index (χ2v) is 4.59. The van der Waals surface area contributed by atoms with Crippen molar-refractivity contribution in [3.8, 4) is 5.75 Å². The molecule has 88 valence electrons. The SMILES string of the molecule is CC(Oc1ccccc1N)C(=O)c1cccs1. The molecule has 1 unspecified atom stereocenters. The summed E-state index contributed by atoms with van der Waals surface area (Å²) in [5.41, 5.74) is 6.29. The standard InChI is InChI=1S/C13H13NO2S/c1-9(13(15)12-7-4-8-17-12)16-11-6-3-2-5-10(11)14/h2-9H,14H2,1H3. The molecule has 17 heavy (non-hydrogen) atoms. The van der Waals surface area contributed by atoms with E-state index in [1.165, 1.54) is 11.3 Å². The molecular formula is C13H13NO2S. The van der Waals surface area contributed by atoms with Gasteiger partial charge in [0.1, 0.15) is 5.75 Å². The lowest BCUT2D eigenvalue weighted by atomic mass is 10.2. The van der Waals surface area contributed by atoms with E-state index in [1.807, 2.05) is 23.6 Å². The fourth-order valence-electron chi connectivity index (χ4n) is 1.45. The molecule has 4 heteroatoms. The highest BCUT2D eigenvalue weighted by atomic mass is 32.1. The van der Waals surface area contributed by atoms with Gasteiger partial charge in [-0.05, 0) is 30.5 Å². The number of ether oxygens (including phenoxy) is 1. The number of carbonyl (C=O) groups excluding carboxylic acids is 1. The minimum Gasteiger partial charge on any atom is -0.480 e. The third-order valence-corrected chi connectivity index (χ3v) is 3.24. The molecule has 0 aliphatic carbocycles. The molecular weight excluding hydrogens is 234 g/mol. The van der Waals surface area contributed by atoms with Gasteiger partial charge >= 0.3 is 0 Å². The fraction of sp³-hybridized carbons (Fsp3) is 0.154. The Morgan fingerprint density at radius 3 is 2.71 bits per heavy atom. The zero-order chi connectivity index (χ0) is 12.3. The summed E-state index contributed by atoms with van der Waals surface area (Å²) in [5.74, 6) is 0.521. The number of nitrogen functional groups attached to an aromatic ring is 1. The van der Waals surface area contributed by atoms with Gasteiger partial charge in [-0.2, -0.15) is 0 Å². The number of hydrogen-bond acceptors (Lipinski definition) is 4. The van der Waals surface area contributed by atoms with Crippen LogP contribution in [0.5, 0.6) is 5.75 Å². The van der Waals surface area contributed by atoms with Gasteiger partial charge in [0, 0.05) is 0 Å². The van der Waals surface area contributed by atoms with Crippen molar-refractivity contribution in [3.05, 3.63) is 46.7 Å². The summed E-state index contributed by atoms with van der Waals surface area (Å²) >= 11 is 1.41. The summed E-state index contributed by atoms with van der Waals surface area (Å²) in [7, 11) is 0. The number of thiophene rings is 1. The van der Waals surface area contributed by atoms with E-state index in [2.05, 4.69) is 0 Å². The smallest absolute Gasteiger partial charge is 0.212 e. The molecule has 0 aliphatic heterocycles. The van der Waals surface area contributed by atoms with Crippen LogP contribution < -0.4 is 10.5 Å². The molecule has 1 heterocycles. The molecule has 2 N–H and O–H groups in total. The maximum absolute atomic E-state index is 12.0. The molecule has 2 rings (SSSR count). The Hall–Kier alpha value is -1.81. The Labute approximate surface area is 104 Å². The third kappa shape index (κ3) is 2.65. The van der Waals surface area contributed by atoms with Crippen LogP contribution in [0.4, 0.5) is 5.69 Å². The lowest BCUT2D eigenvalue weighted by Crippen LogP contribution is -2.23. The van der Waals surface area contributed by atoms with Gasteiger partial charge in [0.15, 0.2) is 6.10 Å². The first-order valence-corrected chi connectivity index (χ1v) is 6.15. The van der Waals surface area contributed by atoms with Gasteiger partial charge in [0.25, 0.3) is 0 Å². The van der Waals surface area contributed by atoms with Crippen LogP contribution in [0, 0.1) is 0 Å². The van der Waals surface area contributed by atoms with Crippen molar-refractivity contribution in [2.24, 2.45) is 0 Å². The topological polar surface area (TPSA) is 52.3 Å². The Morgan fingerprint density at radius 1 is 1.29 bits per heavy atom. The first-order valence-electron chi connectivity index (χ1n) is 5.27. The molecule has 0 saturated heterocycles. The molecule has 0 radical (unpaired) electrons. The monoisotopic (exact) mass is 247 g/mol. The number of benzene rings is 1. The van der Waals surface area contributed by atoms with E-state index in [0.29, 0.717) is 16.3 Å². The van der Waals surface area contributed by atoms with Crippen molar-refractivity contribution in [1.82, 2.24) is 0 Å². The average Bonchev–Trinajstić information content (AvgIpc) is 2.84. The molecule has 0 amide bonds. The van der Waals surface area contributed by atoms with Gasteiger partial charge in [-0.15, -0.1) is 11.3 Å². The van der Waals surface area contributed by atoms with E-state index in [4.69, 9.17) is 10.5 Å².